The molecule has 90 valence electrons. The number of hydrogen-bond acceptors (Lipinski definition) is 3. The van der Waals surface area contributed by atoms with E-state index < -0.39 is 0 Å². The summed E-state index contributed by atoms with van der Waals surface area (Å²) in [5.74, 6) is 0. The summed E-state index contributed by atoms with van der Waals surface area (Å²) in [4.78, 5) is 5.67. The Kier molecular flexibility index (Phi) is 3.96. The first kappa shape index (κ1) is 11.6. The van der Waals surface area contributed by atoms with Crippen LogP contribution >= 0.6 is 0 Å². The highest BCUT2D eigenvalue weighted by atomic mass is 16.7. The molecule has 16 heavy (non-hydrogen) atoms. The van der Waals surface area contributed by atoms with Crippen molar-refractivity contribution in [3.63, 3.8) is 0 Å². The topological polar surface area (TPSA) is 39.1 Å². The molecule has 1 atom stereocenters. The predicted octanol–water partition coefficient (Wildman–Crippen LogP) is 2.43. The average Bonchev–Trinajstić information content (AvgIpc) is 2.96. The van der Waals surface area contributed by atoms with Gasteiger partial charge in [-0.05, 0) is 26.7 Å². The maximum absolute atomic E-state index is 5.67. The van der Waals surface area contributed by atoms with Gasteiger partial charge in [0.2, 0.25) is 0 Å². The third kappa shape index (κ3) is 2.83. The highest BCUT2D eigenvalue weighted by molar-refractivity contribution is 5.08. The van der Waals surface area contributed by atoms with Crippen LogP contribution in [0.5, 0.6) is 0 Å². The lowest BCUT2D eigenvalue weighted by Gasteiger charge is -2.16. The second kappa shape index (κ2) is 5.46. The first-order valence-corrected chi connectivity index (χ1v) is 6.23. The molecule has 1 saturated carbocycles. The molecule has 1 aromatic rings. The van der Waals surface area contributed by atoms with Gasteiger partial charge in [-0.25, -0.2) is 0 Å². The molecule has 0 spiro atoms. The van der Waals surface area contributed by atoms with Crippen LogP contribution in [0.25, 0.3) is 0 Å². The van der Waals surface area contributed by atoms with Gasteiger partial charge in [0.15, 0.2) is 0 Å². The summed E-state index contributed by atoms with van der Waals surface area (Å²) in [6.07, 6.45) is 9.35. The highest BCUT2D eigenvalue weighted by Gasteiger charge is 2.17. The van der Waals surface area contributed by atoms with Crippen molar-refractivity contribution in [1.29, 1.82) is 0 Å². The molecule has 0 aromatic carbocycles. The van der Waals surface area contributed by atoms with Gasteiger partial charge in [0, 0.05) is 18.3 Å². The standard InChI is InChI=1S/C12H21N3O/c1-3-15-9-11(8-13-15)10(2)14-16-12-6-4-5-7-12/h8-10,12,14H,3-7H2,1-2H3. The molecule has 0 aliphatic heterocycles. The molecular formula is C12H21N3O. The SMILES string of the molecule is CCn1cc(C(C)NOC2CCCC2)cn1. The van der Waals surface area contributed by atoms with Gasteiger partial charge in [0.05, 0.1) is 18.3 Å². The van der Waals surface area contributed by atoms with Crippen molar-refractivity contribution in [1.82, 2.24) is 15.3 Å². The molecular weight excluding hydrogens is 202 g/mol. The van der Waals surface area contributed by atoms with Crippen LogP contribution in [0.1, 0.15) is 51.1 Å². The van der Waals surface area contributed by atoms with Gasteiger partial charge in [-0.15, -0.1) is 0 Å². The molecule has 0 saturated heterocycles. The second-order valence-corrected chi connectivity index (χ2v) is 4.49. The van der Waals surface area contributed by atoms with E-state index in [1.54, 1.807) is 0 Å². The van der Waals surface area contributed by atoms with Crippen LogP contribution in [0.4, 0.5) is 0 Å². The van der Waals surface area contributed by atoms with E-state index in [0.717, 1.165) is 6.54 Å². The van der Waals surface area contributed by atoms with Crippen molar-refractivity contribution in [2.24, 2.45) is 0 Å². The van der Waals surface area contributed by atoms with Crippen molar-refractivity contribution < 1.29 is 4.84 Å². The third-order valence-corrected chi connectivity index (χ3v) is 3.19. The molecule has 2 rings (SSSR count). The maximum atomic E-state index is 5.67. The fourth-order valence-corrected chi connectivity index (χ4v) is 2.05. The zero-order chi connectivity index (χ0) is 11.4. The normalized spacial score (nSPS) is 19.1. The minimum Gasteiger partial charge on any atom is -0.298 e. The van der Waals surface area contributed by atoms with Crippen LogP contribution in [-0.4, -0.2) is 15.9 Å². The Labute approximate surface area is 96.9 Å². The van der Waals surface area contributed by atoms with Crippen molar-refractivity contribution >= 4 is 0 Å². The number of nitrogens with zero attached hydrogens (tertiary/aromatic N) is 2. The van der Waals surface area contributed by atoms with Crippen LogP contribution in [-0.2, 0) is 11.4 Å². The molecule has 1 N–H and O–H groups in total. The van der Waals surface area contributed by atoms with Crippen molar-refractivity contribution in [2.45, 2.75) is 58.2 Å². The van der Waals surface area contributed by atoms with E-state index in [1.165, 1.54) is 31.2 Å². The second-order valence-electron chi connectivity index (χ2n) is 4.49. The van der Waals surface area contributed by atoms with E-state index in [2.05, 4.69) is 30.6 Å². The Balaban J connectivity index is 1.80. The Morgan fingerprint density at radius 1 is 1.56 bits per heavy atom. The van der Waals surface area contributed by atoms with Gasteiger partial charge in [-0.3, -0.25) is 9.52 Å². The third-order valence-electron chi connectivity index (χ3n) is 3.19. The summed E-state index contributed by atoms with van der Waals surface area (Å²) in [7, 11) is 0. The monoisotopic (exact) mass is 223 g/mol. The fourth-order valence-electron chi connectivity index (χ4n) is 2.05. The number of aromatic nitrogens is 2. The van der Waals surface area contributed by atoms with Gasteiger partial charge >= 0.3 is 0 Å². The zero-order valence-corrected chi connectivity index (χ0v) is 10.1. The fraction of sp³-hybridized carbons (Fsp3) is 0.750. The van der Waals surface area contributed by atoms with E-state index in [4.69, 9.17) is 4.84 Å². The van der Waals surface area contributed by atoms with Crippen LogP contribution in [0.3, 0.4) is 0 Å². The molecule has 1 fully saturated rings. The zero-order valence-electron chi connectivity index (χ0n) is 10.1. The van der Waals surface area contributed by atoms with E-state index >= 15 is 0 Å². The molecule has 4 nitrogen and oxygen atoms in total. The summed E-state index contributed by atoms with van der Waals surface area (Å²) < 4.78 is 1.93. The lowest BCUT2D eigenvalue weighted by molar-refractivity contribution is -0.0376. The van der Waals surface area contributed by atoms with E-state index in [9.17, 15) is 0 Å². The number of aryl methyl sites for hydroxylation is 1. The van der Waals surface area contributed by atoms with Crippen molar-refractivity contribution in [3.05, 3.63) is 18.0 Å². The summed E-state index contributed by atoms with van der Waals surface area (Å²) in [5.41, 5.74) is 4.31. The lowest BCUT2D eigenvalue weighted by Crippen LogP contribution is -2.24. The summed E-state index contributed by atoms with van der Waals surface area (Å²) in [5, 5.41) is 4.26. The van der Waals surface area contributed by atoms with Gasteiger partial charge in [0.1, 0.15) is 0 Å². The molecule has 1 aliphatic rings. The number of rotatable bonds is 5. The maximum Gasteiger partial charge on any atom is 0.0790 e. The molecule has 0 amide bonds. The first-order chi connectivity index (χ1) is 7.79. The van der Waals surface area contributed by atoms with Gasteiger partial charge in [0.25, 0.3) is 0 Å². The summed E-state index contributed by atoms with van der Waals surface area (Å²) >= 11 is 0. The quantitative estimate of drug-likeness (QED) is 0.779. The Hall–Kier alpha value is -0.870. The van der Waals surface area contributed by atoms with Gasteiger partial charge in [-0.1, -0.05) is 12.8 Å². The Morgan fingerprint density at radius 2 is 2.31 bits per heavy atom. The molecule has 4 heteroatoms. The predicted molar refractivity (Wildman–Crippen MR) is 62.8 cm³/mol. The number of nitrogens with one attached hydrogen (secondary N) is 1. The van der Waals surface area contributed by atoms with Crippen LogP contribution in [0, 0.1) is 0 Å². The molecule has 1 aromatic heterocycles. The van der Waals surface area contributed by atoms with E-state index in [1.807, 2.05) is 10.9 Å². The van der Waals surface area contributed by atoms with Crippen molar-refractivity contribution in [2.75, 3.05) is 0 Å². The molecule has 1 aliphatic carbocycles. The lowest BCUT2D eigenvalue weighted by atomic mass is 10.2. The molecule has 0 radical (unpaired) electrons. The minimum absolute atomic E-state index is 0.209. The van der Waals surface area contributed by atoms with E-state index in [0.29, 0.717) is 6.10 Å². The molecule has 0 bridgehead atoms. The smallest absolute Gasteiger partial charge is 0.0790 e. The highest BCUT2D eigenvalue weighted by Crippen LogP contribution is 2.21. The van der Waals surface area contributed by atoms with Crippen molar-refractivity contribution in [3.8, 4) is 0 Å². The van der Waals surface area contributed by atoms with Crippen LogP contribution in [0.2, 0.25) is 0 Å². The first-order valence-electron chi connectivity index (χ1n) is 6.23. The van der Waals surface area contributed by atoms with Gasteiger partial charge in [-0.2, -0.15) is 10.6 Å². The largest absolute Gasteiger partial charge is 0.298 e. The number of hydroxylamine groups is 1. The Bertz CT molecular complexity index is 318. The summed E-state index contributed by atoms with van der Waals surface area (Å²) in [6, 6.07) is 0.209. The van der Waals surface area contributed by atoms with Crippen LogP contribution in [0.15, 0.2) is 12.4 Å². The summed E-state index contributed by atoms with van der Waals surface area (Å²) in [6.45, 7) is 5.10. The molecule has 1 heterocycles. The van der Waals surface area contributed by atoms with E-state index in [-0.39, 0.29) is 6.04 Å². The molecule has 1 unspecified atom stereocenters. The van der Waals surface area contributed by atoms with Gasteiger partial charge < -0.3 is 0 Å². The number of hydrogen-bond donors (Lipinski definition) is 1. The minimum atomic E-state index is 0.209. The average molecular weight is 223 g/mol. The van der Waals surface area contributed by atoms with Crippen LogP contribution < -0.4 is 5.48 Å². The Morgan fingerprint density at radius 3 is 2.94 bits per heavy atom.